The average molecular weight is 276 g/mol. The monoisotopic (exact) mass is 276 g/mol. The molecule has 0 unspecified atom stereocenters. The highest BCUT2D eigenvalue weighted by Crippen LogP contribution is 2.18. The Hall–Kier alpha value is -2.67. The Bertz CT molecular complexity index is 608. The van der Waals surface area contributed by atoms with Crippen molar-refractivity contribution in [2.24, 2.45) is 0 Å². The maximum atomic E-state index is 11.7. The first-order valence-electron chi connectivity index (χ1n) is 5.78. The Morgan fingerprint density at radius 1 is 1.30 bits per heavy atom. The van der Waals surface area contributed by atoms with Gasteiger partial charge >= 0.3 is 5.97 Å². The van der Waals surface area contributed by atoms with Crippen molar-refractivity contribution in [1.29, 1.82) is 0 Å². The Kier molecular flexibility index (Phi) is 4.11. The van der Waals surface area contributed by atoms with E-state index in [0.717, 1.165) is 5.56 Å². The Morgan fingerprint density at radius 3 is 2.60 bits per heavy atom. The second-order valence-electron chi connectivity index (χ2n) is 3.99. The quantitative estimate of drug-likeness (QED) is 0.733. The van der Waals surface area contributed by atoms with Crippen LogP contribution in [-0.2, 0) is 4.79 Å². The summed E-state index contributed by atoms with van der Waals surface area (Å²) in [4.78, 5) is 22.4. The molecular weight excluding hydrogens is 264 g/mol. The summed E-state index contributed by atoms with van der Waals surface area (Å²) in [6.45, 7) is -0.708. The predicted octanol–water partition coefficient (Wildman–Crippen LogP) is 0.517. The number of amides is 1. The van der Waals surface area contributed by atoms with Gasteiger partial charge in [0.1, 0.15) is 5.69 Å². The number of aliphatic hydroxyl groups is 1. The number of nitrogens with zero attached hydrogens (tertiary/aromatic N) is 1. The molecule has 20 heavy (non-hydrogen) atoms. The summed E-state index contributed by atoms with van der Waals surface area (Å²) >= 11 is 0. The van der Waals surface area contributed by atoms with Crippen molar-refractivity contribution in [1.82, 2.24) is 10.5 Å². The minimum Gasteiger partial charge on any atom is -0.480 e. The van der Waals surface area contributed by atoms with E-state index in [1.54, 1.807) is 12.1 Å². The number of hydrogen-bond donors (Lipinski definition) is 3. The highest BCUT2D eigenvalue weighted by atomic mass is 16.5. The zero-order valence-corrected chi connectivity index (χ0v) is 10.3. The molecule has 1 atom stereocenters. The molecule has 7 nitrogen and oxygen atoms in total. The van der Waals surface area contributed by atoms with Gasteiger partial charge in [0.25, 0.3) is 5.91 Å². The van der Waals surface area contributed by atoms with Crippen molar-refractivity contribution in [3.05, 3.63) is 42.2 Å². The van der Waals surface area contributed by atoms with Gasteiger partial charge in [-0.25, -0.2) is 4.79 Å². The minimum atomic E-state index is -1.38. The second kappa shape index (κ2) is 5.98. The van der Waals surface area contributed by atoms with Crippen LogP contribution in [0.1, 0.15) is 10.6 Å². The molecule has 1 heterocycles. The molecule has 2 rings (SSSR count). The number of aromatic nitrogens is 1. The van der Waals surface area contributed by atoms with Crippen LogP contribution in [0.2, 0.25) is 0 Å². The van der Waals surface area contributed by atoms with E-state index in [2.05, 4.69) is 10.5 Å². The third-order valence-corrected chi connectivity index (χ3v) is 2.59. The molecule has 1 amide bonds. The summed E-state index contributed by atoms with van der Waals surface area (Å²) in [5, 5.41) is 23.4. The molecule has 0 saturated carbocycles. The first-order chi connectivity index (χ1) is 9.61. The lowest BCUT2D eigenvalue weighted by atomic mass is 10.1. The number of aliphatic hydroxyl groups excluding tert-OH is 1. The van der Waals surface area contributed by atoms with Gasteiger partial charge in [-0.15, -0.1) is 0 Å². The van der Waals surface area contributed by atoms with Gasteiger partial charge in [-0.1, -0.05) is 35.5 Å². The molecule has 0 radical (unpaired) electrons. The molecule has 3 N–H and O–H groups in total. The molecule has 7 heteroatoms. The van der Waals surface area contributed by atoms with E-state index in [1.165, 1.54) is 6.07 Å². The normalized spacial score (nSPS) is 11.8. The van der Waals surface area contributed by atoms with Gasteiger partial charge in [0.05, 0.1) is 6.61 Å². The van der Waals surface area contributed by atoms with Crippen LogP contribution >= 0.6 is 0 Å². The maximum absolute atomic E-state index is 11.7. The third-order valence-electron chi connectivity index (χ3n) is 2.59. The molecule has 0 spiro atoms. The standard InChI is InChI=1S/C13H12N2O5/c16-7-10(13(18)19)14-12(17)11-6-9(15-20-11)8-4-2-1-3-5-8/h1-6,10,16H,7H2,(H,14,17)(H,18,19)/t10-/m0/s1. The first-order valence-corrected chi connectivity index (χ1v) is 5.78. The fourth-order valence-corrected chi connectivity index (χ4v) is 1.54. The zero-order valence-electron chi connectivity index (χ0n) is 10.3. The number of aliphatic carboxylic acids is 1. The summed E-state index contributed by atoms with van der Waals surface area (Å²) in [5.41, 5.74) is 1.24. The number of rotatable bonds is 5. The van der Waals surface area contributed by atoms with Crippen molar-refractivity contribution >= 4 is 11.9 Å². The van der Waals surface area contributed by atoms with Gasteiger partial charge in [0.2, 0.25) is 5.76 Å². The summed E-state index contributed by atoms with van der Waals surface area (Å²) in [7, 11) is 0. The number of carbonyl (C=O) groups is 2. The van der Waals surface area contributed by atoms with Gasteiger partial charge in [0.15, 0.2) is 6.04 Å². The molecule has 1 aromatic carbocycles. The van der Waals surface area contributed by atoms with E-state index in [0.29, 0.717) is 5.69 Å². The van der Waals surface area contributed by atoms with E-state index in [1.807, 2.05) is 18.2 Å². The lowest BCUT2D eigenvalue weighted by molar-refractivity contribution is -0.140. The number of carboxylic acids is 1. The largest absolute Gasteiger partial charge is 0.480 e. The van der Waals surface area contributed by atoms with Gasteiger partial charge in [-0.2, -0.15) is 0 Å². The van der Waals surface area contributed by atoms with Crippen LogP contribution < -0.4 is 5.32 Å². The Labute approximate surface area is 113 Å². The molecule has 0 bridgehead atoms. The molecule has 0 fully saturated rings. The number of benzene rings is 1. The van der Waals surface area contributed by atoms with Crippen molar-refractivity contribution < 1.29 is 24.3 Å². The van der Waals surface area contributed by atoms with Crippen LogP contribution in [0.25, 0.3) is 11.3 Å². The number of nitrogens with one attached hydrogen (secondary N) is 1. The predicted molar refractivity (Wildman–Crippen MR) is 67.9 cm³/mol. The van der Waals surface area contributed by atoms with E-state index >= 15 is 0 Å². The highest BCUT2D eigenvalue weighted by molar-refractivity contribution is 5.95. The molecule has 1 aromatic heterocycles. The van der Waals surface area contributed by atoms with Gasteiger partial charge < -0.3 is 20.1 Å². The topological polar surface area (TPSA) is 113 Å². The Balaban J connectivity index is 2.13. The van der Waals surface area contributed by atoms with Crippen molar-refractivity contribution in [3.63, 3.8) is 0 Å². The van der Waals surface area contributed by atoms with Gasteiger partial charge in [-0.3, -0.25) is 4.79 Å². The summed E-state index contributed by atoms with van der Waals surface area (Å²) < 4.78 is 4.87. The van der Waals surface area contributed by atoms with E-state index in [-0.39, 0.29) is 5.76 Å². The molecule has 0 aliphatic rings. The fourth-order valence-electron chi connectivity index (χ4n) is 1.54. The lowest BCUT2D eigenvalue weighted by Crippen LogP contribution is -2.43. The van der Waals surface area contributed by atoms with Crippen molar-refractivity contribution in [2.75, 3.05) is 6.61 Å². The van der Waals surface area contributed by atoms with Crippen LogP contribution in [0.5, 0.6) is 0 Å². The molecule has 104 valence electrons. The molecule has 0 saturated heterocycles. The SMILES string of the molecule is O=C(N[C@@H](CO)C(=O)O)c1cc(-c2ccccc2)no1. The maximum Gasteiger partial charge on any atom is 0.328 e. The molecular formula is C13H12N2O5. The van der Waals surface area contributed by atoms with Gasteiger partial charge in [-0.05, 0) is 0 Å². The summed E-state index contributed by atoms with van der Waals surface area (Å²) in [6.07, 6.45) is 0. The van der Waals surface area contributed by atoms with E-state index in [9.17, 15) is 9.59 Å². The summed E-state index contributed by atoms with van der Waals surface area (Å²) in [6, 6.07) is 9.09. The lowest BCUT2D eigenvalue weighted by Gasteiger charge is -2.09. The average Bonchev–Trinajstić information content (AvgIpc) is 2.95. The third kappa shape index (κ3) is 3.01. The van der Waals surface area contributed by atoms with E-state index in [4.69, 9.17) is 14.7 Å². The summed E-state index contributed by atoms with van der Waals surface area (Å²) in [5.74, 6) is -2.20. The highest BCUT2D eigenvalue weighted by Gasteiger charge is 2.22. The zero-order chi connectivity index (χ0) is 14.5. The number of carboxylic acid groups (broad SMARTS) is 1. The van der Waals surface area contributed by atoms with Crippen molar-refractivity contribution in [3.8, 4) is 11.3 Å². The minimum absolute atomic E-state index is 0.122. The van der Waals surface area contributed by atoms with Crippen LogP contribution in [0, 0.1) is 0 Å². The number of carbonyl (C=O) groups excluding carboxylic acids is 1. The first kappa shape index (κ1) is 13.8. The van der Waals surface area contributed by atoms with Crippen LogP contribution in [0.15, 0.2) is 40.9 Å². The Morgan fingerprint density at radius 2 is 2.00 bits per heavy atom. The molecule has 0 aliphatic carbocycles. The van der Waals surface area contributed by atoms with Crippen LogP contribution in [-0.4, -0.2) is 39.9 Å². The van der Waals surface area contributed by atoms with Crippen LogP contribution in [0.4, 0.5) is 0 Å². The van der Waals surface area contributed by atoms with E-state index < -0.39 is 24.5 Å². The molecule has 2 aromatic rings. The second-order valence-corrected chi connectivity index (χ2v) is 3.99. The van der Waals surface area contributed by atoms with Crippen molar-refractivity contribution in [2.45, 2.75) is 6.04 Å². The van der Waals surface area contributed by atoms with Crippen LogP contribution in [0.3, 0.4) is 0 Å². The smallest absolute Gasteiger partial charge is 0.328 e. The fraction of sp³-hybridized carbons (Fsp3) is 0.154. The molecule has 0 aliphatic heterocycles. The van der Waals surface area contributed by atoms with Gasteiger partial charge in [0, 0.05) is 11.6 Å². The number of hydrogen-bond acceptors (Lipinski definition) is 5.